The van der Waals surface area contributed by atoms with Crippen LogP contribution in [0, 0.1) is 5.92 Å². The Hall–Kier alpha value is -1.52. The second-order valence-electron chi connectivity index (χ2n) is 5.13. The van der Waals surface area contributed by atoms with Crippen molar-refractivity contribution < 1.29 is 14.6 Å². The SMILES string of the molecule is CCCOc1ccc(Cl)cc1C(=O)N[C@@H]1C=C[C@H](CO)C1. The highest BCUT2D eigenvalue weighted by Crippen LogP contribution is 2.24. The van der Waals surface area contributed by atoms with Gasteiger partial charge in [0.1, 0.15) is 5.75 Å². The molecular formula is C16H20ClNO3. The Morgan fingerprint density at radius 2 is 2.29 bits per heavy atom. The third-order valence-corrected chi connectivity index (χ3v) is 3.61. The molecule has 0 aliphatic heterocycles. The van der Waals surface area contributed by atoms with Crippen molar-refractivity contribution in [3.05, 3.63) is 40.9 Å². The summed E-state index contributed by atoms with van der Waals surface area (Å²) < 4.78 is 5.59. The van der Waals surface area contributed by atoms with Crippen molar-refractivity contribution in [2.75, 3.05) is 13.2 Å². The molecule has 0 bridgehead atoms. The number of ether oxygens (including phenoxy) is 1. The van der Waals surface area contributed by atoms with E-state index in [2.05, 4.69) is 5.32 Å². The molecule has 0 spiro atoms. The second kappa shape index (κ2) is 7.48. The van der Waals surface area contributed by atoms with Crippen molar-refractivity contribution in [1.29, 1.82) is 0 Å². The van der Waals surface area contributed by atoms with Gasteiger partial charge >= 0.3 is 0 Å². The Labute approximate surface area is 129 Å². The van der Waals surface area contributed by atoms with Crippen LogP contribution >= 0.6 is 11.6 Å². The maximum atomic E-state index is 12.4. The summed E-state index contributed by atoms with van der Waals surface area (Å²) in [5, 5.41) is 12.5. The van der Waals surface area contributed by atoms with Gasteiger partial charge in [-0.15, -0.1) is 0 Å². The molecule has 2 atom stereocenters. The van der Waals surface area contributed by atoms with E-state index in [-0.39, 0.29) is 24.5 Å². The predicted molar refractivity (Wildman–Crippen MR) is 82.8 cm³/mol. The van der Waals surface area contributed by atoms with E-state index in [0.717, 1.165) is 6.42 Å². The van der Waals surface area contributed by atoms with Crippen molar-refractivity contribution in [3.63, 3.8) is 0 Å². The summed E-state index contributed by atoms with van der Waals surface area (Å²) in [6.07, 6.45) is 5.43. The van der Waals surface area contributed by atoms with Crippen LogP contribution in [0.2, 0.25) is 5.02 Å². The number of hydrogen-bond donors (Lipinski definition) is 2. The molecule has 114 valence electrons. The highest BCUT2D eigenvalue weighted by Gasteiger charge is 2.22. The molecule has 0 aromatic heterocycles. The van der Waals surface area contributed by atoms with Crippen LogP contribution in [-0.2, 0) is 0 Å². The Balaban J connectivity index is 2.07. The van der Waals surface area contributed by atoms with Gasteiger partial charge in [-0.05, 0) is 31.0 Å². The monoisotopic (exact) mass is 309 g/mol. The molecular weight excluding hydrogens is 290 g/mol. The standard InChI is InChI=1S/C16H20ClNO3/c1-2-7-21-15-6-4-12(17)9-14(15)16(20)18-13-5-3-11(8-13)10-19/h3-6,9,11,13,19H,2,7-8,10H2,1H3,(H,18,20)/t11-,13+/m0/s1. The molecule has 0 fully saturated rings. The Morgan fingerprint density at radius 3 is 2.95 bits per heavy atom. The first-order valence-corrected chi connectivity index (χ1v) is 7.54. The third-order valence-electron chi connectivity index (χ3n) is 3.37. The van der Waals surface area contributed by atoms with Crippen LogP contribution in [0.3, 0.4) is 0 Å². The molecule has 0 heterocycles. The number of rotatable bonds is 6. The maximum absolute atomic E-state index is 12.4. The zero-order valence-corrected chi connectivity index (χ0v) is 12.8. The van der Waals surface area contributed by atoms with E-state index in [4.69, 9.17) is 21.4 Å². The van der Waals surface area contributed by atoms with E-state index < -0.39 is 0 Å². The van der Waals surface area contributed by atoms with Crippen LogP contribution in [0.15, 0.2) is 30.4 Å². The number of benzene rings is 1. The predicted octanol–water partition coefficient (Wildman–Crippen LogP) is 2.80. The van der Waals surface area contributed by atoms with E-state index >= 15 is 0 Å². The topological polar surface area (TPSA) is 58.6 Å². The van der Waals surface area contributed by atoms with E-state index in [1.165, 1.54) is 0 Å². The molecule has 0 unspecified atom stereocenters. The minimum atomic E-state index is -0.211. The quantitative estimate of drug-likeness (QED) is 0.794. The number of nitrogens with one attached hydrogen (secondary N) is 1. The molecule has 21 heavy (non-hydrogen) atoms. The van der Waals surface area contributed by atoms with Gasteiger partial charge < -0.3 is 15.2 Å². The highest BCUT2D eigenvalue weighted by atomic mass is 35.5. The summed E-state index contributed by atoms with van der Waals surface area (Å²) in [6, 6.07) is 4.98. The fourth-order valence-corrected chi connectivity index (χ4v) is 2.45. The first kappa shape index (κ1) is 15.9. The second-order valence-corrected chi connectivity index (χ2v) is 5.57. The van der Waals surface area contributed by atoms with Crippen molar-refractivity contribution >= 4 is 17.5 Å². The van der Waals surface area contributed by atoms with Crippen LogP contribution in [-0.4, -0.2) is 30.3 Å². The van der Waals surface area contributed by atoms with Gasteiger partial charge in [-0.25, -0.2) is 0 Å². The van der Waals surface area contributed by atoms with Crippen LogP contribution in [0.1, 0.15) is 30.1 Å². The molecule has 1 aliphatic carbocycles. The number of aliphatic hydroxyl groups excluding tert-OH is 1. The molecule has 0 saturated carbocycles. The van der Waals surface area contributed by atoms with Gasteiger partial charge in [0.05, 0.1) is 12.2 Å². The minimum Gasteiger partial charge on any atom is -0.493 e. The lowest BCUT2D eigenvalue weighted by Crippen LogP contribution is -2.33. The molecule has 5 heteroatoms. The van der Waals surface area contributed by atoms with E-state index in [1.807, 2.05) is 19.1 Å². The first-order chi connectivity index (χ1) is 10.1. The zero-order valence-electron chi connectivity index (χ0n) is 12.0. The molecule has 2 N–H and O–H groups in total. The number of amides is 1. The van der Waals surface area contributed by atoms with E-state index in [0.29, 0.717) is 29.4 Å². The molecule has 1 aromatic carbocycles. The molecule has 0 radical (unpaired) electrons. The lowest BCUT2D eigenvalue weighted by molar-refractivity contribution is 0.0937. The van der Waals surface area contributed by atoms with Crippen molar-refractivity contribution in [1.82, 2.24) is 5.32 Å². The molecule has 2 rings (SSSR count). The number of halogens is 1. The van der Waals surface area contributed by atoms with Gasteiger partial charge in [-0.3, -0.25) is 4.79 Å². The van der Waals surface area contributed by atoms with Gasteiger partial charge in [0.2, 0.25) is 0 Å². The van der Waals surface area contributed by atoms with Crippen LogP contribution in [0.5, 0.6) is 5.75 Å². The Morgan fingerprint density at radius 1 is 1.48 bits per heavy atom. The van der Waals surface area contributed by atoms with Crippen molar-refractivity contribution in [2.24, 2.45) is 5.92 Å². The van der Waals surface area contributed by atoms with Gasteiger partial charge in [0.15, 0.2) is 0 Å². The van der Waals surface area contributed by atoms with Gasteiger partial charge in [-0.2, -0.15) is 0 Å². The van der Waals surface area contributed by atoms with E-state index in [9.17, 15) is 4.79 Å². The molecule has 0 saturated heterocycles. The first-order valence-electron chi connectivity index (χ1n) is 7.16. The molecule has 1 aliphatic rings. The van der Waals surface area contributed by atoms with Crippen molar-refractivity contribution in [3.8, 4) is 5.75 Å². The number of hydrogen-bond acceptors (Lipinski definition) is 3. The third kappa shape index (κ3) is 4.22. The summed E-state index contributed by atoms with van der Waals surface area (Å²) in [5.41, 5.74) is 0.441. The van der Waals surface area contributed by atoms with Gasteiger partial charge in [0.25, 0.3) is 5.91 Å². The Bertz CT molecular complexity index is 530. The largest absolute Gasteiger partial charge is 0.493 e. The lowest BCUT2D eigenvalue weighted by atomic mass is 10.1. The molecule has 1 amide bonds. The molecule has 4 nitrogen and oxygen atoms in total. The minimum absolute atomic E-state index is 0.0624. The summed E-state index contributed by atoms with van der Waals surface area (Å²) in [5.74, 6) is 0.446. The van der Waals surface area contributed by atoms with Gasteiger partial charge in [0, 0.05) is 23.6 Å². The molecule has 1 aromatic rings. The highest BCUT2D eigenvalue weighted by molar-refractivity contribution is 6.31. The zero-order chi connectivity index (χ0) is 15.2. The van der Waals surface area contributed by atoms with Crippen LogP contribution in [0.25, 0.3) is 0 Å². The summed E-state index contributed by atoms with van der Waals surface area (Å²) >= 11 is 5.97. The number of aliphatic hydroxyl groups is 1. The van der Waals surface area contributed by atoms with Crippen molar-refractivity contribution in [2.45, 2.75) is 25.8 Å². The average molecular weight is 310 g/mol. The van der Waals surface area contributed by atoms with E-state index in [1.54, 1.807) is 18.2 Å². The van der Waals surface area contributed by atoms with Gasteiger partial charge in [-0.1, -0.05) is 30.7 Å². The number of carbonyl (C=O) groups is 1. The Kier molecular flexibility index (Phi) is 5.65. The normalized spacial score (nSPS) is 20.5. The fraction of sp³-hybridized carbons (Fsp3) is 0.438. The maximum Gasteiger partial charge on any atom is 0.255 e. The summed E-state index contributed by atoms with van der Waals surface area (Å²) in [6.45, 7) is 2.66. The lowest BCUT2D eigenvalue weighted by Gasteiger charge is -2.15. The average Bonchev–Trinajstić information content (AvgIpc) is 2.93. The summed E-state index contributed by atoms with van der Waals surface area (Å²) in [4.78, 5) is 12.4. The summed E-state index contributed by atoms with van der Waals surface area (Å²) in [7, 11) is 0. The van der Waals surface area contributed by atoms with Crippen LogP contribution in [0.4, 0.5) is 0 Å². The fourth-order valence-electron chi connectivity index (χ4n) is 2.28. The number of carbonyl (C=O) groups excluding carboxylic acids is 1. The van der Waals surface area contributed by atoms with Crippen LogP contribution < -0.4 is 10.1 Å². The smallest absolute Gasteiger partial charge is 0.255 e.